The molecule has 4 rings (SSSR count). The van der Waals surface area contributed by atoms with Crippen molar-refractivity contribution in [3.63, 3.8) is 0 Å². The molecule has 0 saturated carbocycles. The summed E-state index contributed by atoms with van der Waals surface area (Å²) in [5.41, 5.74) is 6.42. The lowest BCUT2D eigenvalue weighted by atomic mass is 10.0. The Labute approximate surface area is 151 Å². The van der Waals surface area contributed by atoms with Crippen LogP contribution in [0.4, 0.5) is 24.7 Å². The highest BCUT2D eigenvalue weighted by Gasteiger charge is 2.32. The number of pyridine rings is 1. The molecule has 1 aliphatic rings. The van der Waals surface area contributed by atoms with Gasteiger partial charge in [-0.3, -0.25) is 4.79 Å². The van der Waals surface area contributed by atoms with Crippen LogP contribution in [0.1, 0.15) is 15.9 Å². The number of carbonyl (C=O) groups excluding carboxylic acids is 1. The van der Waals surface area contributed by atoms with E-state index in [4.69, 9.17) is 10.5 Å². The second-order valence-corrected chi connectivity index (χ2v) is 5.95. The Morgan fingerprint density at radius 1 is 0.963 bits per heavy atom. The number of ether oxygens (including phenoxy) is 1. The minimum atomic E-state index is -4.52. The summed E-state index contributed by atoms with van der Waals surface area (Å²) in [5.74, 6) is 0.148. The molecule has 0 aliphatic carbocycles. The molecule has 2 heterocycles. The monoisotopic (exact) mass is 371 g/mol. The number of fused-ring (bicyclic) bond motifs is 2. The molecule has 0 radical (unpaired) electrons. The average molecular weight is 371 g/mol. The zero-order valence-electron chi connectivity index (χ0n) is 13.7. The first-order chi connectivity index (χ1) is 12.8. The van der Waals surface area contributed by atoms with Crippen molar-refractivity contribution in [2.24, 2.45) is 0 Å². The quantitative estimate of drug-likeness (QED) is 0.650. The Kier molecular flexibility index (Phi) is 3.76. The first-order valence-electron chi connectivity index (χ1n) is 7.88. The zero-order valence-corrected chi connectivity index (χ0v) is 13.7. The van der Waals surface area contributed by atoms with Gasteiger partial charge in [0.25, 0.3) is 5.91 Å². The van der Waals surface area contributed by atoms with Crippen molar-refractivity contribution in [2.45, 2.75) is 6.18 Å². The van der Waals surface area contributed by atoms with E-state index in [0.717, 1.165) is 17.7 Å². The number of rotatable bonds is 1. The van der Waals surface area contributed by atoms with E-state index in [1.54, 1.807) is 36.5 Å². The number of hydrogen-bond donors (Lipinski definition) is 2. The molecule has 1 aromatic heterocycles. The van der Waals surface area contributed by atoms with Crippen molar-refractivity contribution < 1.29 is 22.7 Å². The van der Waals surface area contributed by atoms with Crippen molar-refractivity contribution in [1.82, 2.24) is 4.98 Å². The minimum absolute atomic E-state index is 0.0410. The summed E-state index contributed by atoms with van der Waals surface area (Å²) in [6.45, 7) is 0. The maximum Gasteiger partial charge on any atom is 0.416 e. The van der Waals surface area contributed by atoms with Gasteiger partial charge in [0.15, 0.2) is 5.75 Å². The molecule has 1 amide bonds. The van der Waals surface area contributed by atoms with Crippen LogP contribution in [0.5, 0.6) is 11.5 Å². The van der Waals surface area contributed by atoms with Crippen LogP contribution in [-0.2, 0) is 6.18 Å². The maximum atomic E-state index is 12.9. The molecule has 2 aromatic carbocycles. The largest absolute Gasteiger partial charge is 0.454 e. The highest BCUT2D eigenvalue weighted by molar-refractivity contribution is 6.08. The van der Waals surface area contributed by atoms with Gasteiger partial charge in [-0.25, -0.2) is 4.98 Å². The third kappa shape index (κ3) is 3.17. The molecule has 0 bridgehead atoms. The lowest BCUT2D eigenvalue weighted by Gasteiger charge is -2.11. The van der Waals surface area contributed by atoms with Gasteiger partial charge < -0.3 is 15.8 Å². The number of nitrogens with zero attached hydrogens (tertiary/aromatic N) is 1. The van der Waals surface area contributed by atoms with Crippen molar-refractivity contribution in [3.8, 4) is 22.6 Å². The molecule has 0 saturated heterocycles. The summed E-state index contributed by atoms with van der Waals surface area (Å²) >= 11 is 0. The van der Waals surface area contributed by atoms with E-state index in [1.165, 1.54) is 6.07 Å². The highest BCUT2D eigenvalue weighted by atomic mass is 19.4. The van der Waals surface area contributed by atoms with Crippen LogP contribution in [0.2, 0.25) is 0 Å². The summed E-state index contributed by atoms with van der Waals surface area (Å²) in [7, 11) is 0. The van der Waals surface area contributed by atoms with E-state index in [1.807, 2.05) is 0 Å². The van der Waals surface area contributed by atoms with E-state index in [9.17, 15) is 18.0 Å². The van der Waals surface area contributed by atoms with Gasteiger partial charge in [-0.15, -0.1) is 0 Å². The number of nitrogen functional groups attached to an aromatic ring is 1. The van der Waals surface area contributed by atoms with Crippen LogP contribution in [0.15, 0.2) is 54.7 Å². The van der Waals surface area contributed by atoms with Crippen molar-refractivity contribution in [1.29, 1.82) is 0 Å². The topological polar surface area (TPSA) is 77.2 Å². The molecule has 0 unspecified atom stereocenters. The molecule has 0 atom stereocenters. The van der Waals surface area contributed by atoms with Crippen LogP contribution in [0, 0.1) is 0 Å². The van der Waals surface area contributed by atoms with Crippen molar-refractivity contribution in [3.05, 3.63) is 65.9 Å². The summed E-state index contributed by atoms with van der Waals surface area (Å²) in [6, 6.07) is 11.2. The summed E-state index contributed by atoms with van der Waals surface area (Å²) in [6.07, 6.45) is -2.98. The first-order valence-corrected chi connectivity index (χ1v) is 7.88. The molecule has 27 heavy (non-hydrogen) atoms. The number of nitrogens with one attached hydrogen (secondary N) is 1. The molecule has 3 aromatic rings. The third-order valence-electron chi connectivity index (χ3n) is 4.11. The van der Waals surface area contributed by atoms with Crippen LogP contribution >= 0.6 is 0 Å². The van der Waals surface area contributed by atoms with Gasteiger partial charge in [-0.1, -0.05) is 6.07 Å². The van der Waals surface area contributed by atoms with Crippen LogP contribution in [0.25, 0.3) is 11.1 Å². The van der Waals surface area contributed by atoms with Crippen molar-refractivity contribution in [2.75, 3.05) is 11.1 Å². The predicted octanol–water partition coefficient (Wildman–Crippen LogP) is 4.71. The van der Waals surface area contributed by atoms with Gasteiger partial charge in [0.1, 0.15) is 11.6 Å². The number of nitrogens with two attached hydrogens (primary N) is 1. The second kappa shape index (κ2) is 6.01. The van der Waals surface area contributed by atoms with Gasteiger partial charge in [0.2, 0.25) is 0 Å². The number of hydrogen-bond acceptors (Lipinski definition) is 4. The van der Waals surface area contributed by atoms with Gasteiger partial charge in [0, 0.05) is 6.20 Å². The smallest absolute Gasteiger partial charge is 0.416 e. The fourth-order valence-electron chi connectivity index (χ4n) is 2.80. The maximum absolute atomic E-state index is 12.9. The fraction of sp³-hybridized carbons (Fsp3) is 0.0526. The van der Waals surface area contributed by atoms with Gasteiger partial charge in [0.05, 0.1) is 16.8 Å². The normalized spacial score (nSPS) is 13.1. The van der Waals surface area contributed by atoms with E-state index in [-0.39, 0.29) is 22.7 Å². The van der Waals surface area contributed by atoms with Gasteiger partial charge in [-0.05, 0) is 53.6 Å². The second-order valence-electron chi connectivity index (χ2n) is 5.95. The van der Waals surface area contributed by atoms with Crippen LogP contribution in [-0.4, -0.2) is 10.9 Å². The van der Waals surface area contributed by atoms with Gasteiger partial charge in [-0.2, -0.15) is 13.2 Å². The van der Waals surface area contributed by atoms with Crippen molar-refractivity contribution >= 4 is 17.4 Å². The standard InChI is InChI=1S/C19H12F3N3O2/c20-19(21,22)12-2-4-16-14(9-12)25-18(26)13-7-10(1-3-15(13)27-16)11-5-6-24-17(23)8-11/h1-9H,(H2,23,24)(H,25,26). The number of halogens is 3. The number of benzene rings is 2. The number of aromatic nitrogens is 1. The molecule has 1 aliphatic heterocycles. The SMILES string of the molecule is Nc1cc(-c2ccc3c(c2)C(=O)Nc2cc(C(F)(F)F)ccc2O3)ccn1. The molecule has 8 heteroatoms. The van der Waals surface area contributed by atoms with E-state index < -0.39 is 17.6 Å². The number of anilines is 2. The molecule has 0 fully saturated rings. The summed E-state index contributed by atoms with van der Waals surface area (Å²) in [5, 5.41) is 2.48. The predicted molar refractivity (Wildman–Crippen MR) is 93.6 cm³/mol. The lowest BCUT2D eigenvalue weighted by Crippen LogP contribution is -2.12. The molecule has 3 N–H and O–H groups in total. The van der Waals surface area contributed by atoms with Crippen LogP contribution < -0.4 is 15.8 Å². The minimum Gasteiger partial charge on any atom is -0.454 e. The lowest BCUT2D eigenvalue weighted by molar-refractivity contribution is -0.137. The zero-order chi connectivity index (χ0) is 19.2. The average Bonchev–Trinajstić information content (AvgIpc) is 2.75. The number of amides is 1. The molecular formula is C19H12F3N3O2. The van der Waals surface area contributed by atoms with E-state index in [0.29, 0.717) is 11.4 Å². The molecule has 136 valence electrons. The molecule has 5 nitrogen and oxygen atoms in total. The third-order valence-corrected chi connectivity index (χ3v) is 4.11. The fourth-order valence-corrected chi connectivity index (χ4v) is 2.80. The number of carbonyl (C=O) groups is 1. The Balaban J connectivity index is 1.75. The Hall–Kier alpha value is -3.55. The highest BCUT2D eigenvalue weighted by Crippen LogP contribution is 2.40. The Morgan fingerprint density at radius 2 is 1.70 bits per heavy atom. The molecular weight excluding hydrogens is 359 g/mol. The van der Waals surface area contributed by atoms with E-state index in [2.05, 4.69) is 10.3 Å². The Bertz CT molecular complexity index is 1060. The summed E-state index contributed by atoms with van der Waals surface area (Å²) < 4.78 is 44.4. The Morgan fingerprint density at radius 3 is 2.44 bits per heavy atom. The molecule has 0 spiro atoms. The first kappa shape index (κ1) is 16.9. The van der Waals surface area contributed by atoms with Gasteiger partial charge >= 0.3 is 6.18 Å². The van der Waals surface area contributed by atoms with E-state index >= 15 is 0 Å². The number of alkyl halides is 3. The van der Waals surface area contributed by atoms with Crippen LogP contribution in [0.3, 0.4) is 0 Å². The summed E-state index contributed by atoms with van der Waals surface area (Å²) in [4.78, 5) is 16.5.